The molecule has 2 aromatic rings. The molecule has 2 heterocycles. The summed E-state index contributed by atoms with van der Waals surface area (Å²) in [6, 6.07) is 0. The van der Waals surface area contributed by atoms with Crippen molar-refractivity contribution in [1.82, 2.24) is 19.9 Å². The van der Waals surface area contributed by atoms with Crippen molar-refractivity contribution in [3.05, 3.63) is 23.1 Å². The lowest BCUT2D eigenvalue weighted by atomic mass is 10.4. The first kappa shape index (κ1) is 11.6. The highest BCUT2D eigenvalue weighted by atomic mass is 35.5. The molecule has 0 fully saturated rings. The van der Waals surface area contributed by atoms with Crippen molar-refractivity contribution >= 4 is 23.5 Å². The average molecular weight is 255 g/mol. The third-order valence-electron chi connectivity index (χ3n) is 1.97. The lowest BCUT2D eigenvalue weighted by molar-refractivity contribution is 0.465. The largest absolute Gasteiger partial charge is 0.444 e. The topological polar surface area (TPSA) is 103 Å². The van der Waals surface area contributed by atoms with Gasteiger partial charge in [-0.05, 0) is 11.6 Å². The summed E-state index contributed by atoms with van der Waals surface area (Å²) in [7, 11) is 0. The molecule has 0 aliphatic heterocycles. The Bertz CT molecular complexity index is 494. The molecule has 0 atom stereocenters. The molecule has 0 spiro atoms. The van der Waals surface area contributed by atoms with Crippen LogP contribution in [0.25, 0.3) is 0 Å². The van der Waals surface area contributed by atoms with E-state index < -0.39 is 0 Å². The first-order valence-corrected chi connectivity index (χ1v) is 5.39. The summed E-state index contributed by atoms with van der Waals surface area (Å²) in [5.74, 6) is 1.74. The second-order valence-corrected chi connectivity index (χ2v) is 3.55. The number of rotatable bonds is 4. The van der Waals surface area contributed by atoms with Crippen molar-refractivity contribution in [2.75, 3.05) is 11.1 Å². The summed E-state index contributed by atoms with van der Waals surface area (Å²) >= 11 is 5.64. The van der Waals surface area contributed by atoms with Crippen LogP contribution in [-0.2, 0) is 13.0 Å². The van der Waals surface area contributed by atoms with Crippen LogP contribution in [0.5, 0.6) is 0 Å². The molecule has 0 saturated carbocycles. The van der Waals surface area contributed by atoms with Gasteiger partial charge in [-0.15, -0.1) is 0 Å². The van der Waals surface area contributed by atoms with Gasteiger partial charge >= 0.3 is 0 Å². The predicted octanol–water partition coefficient (Wildman–Crippen LogP) is 1.27. The third-order valence-corrected chi connectivity index (χ3v) is 2.14. The van der Waals surface area contributed by atoms with Crippen molar-refractivity contribution in [3.63, 3.8) is 0 Å². The zero-order valence-corrected chi connectivity index (χ0v) is 9.90. The molecular weight excluding hydrogens is 244 g/mol. The molecule has 0 unspecified atom stereocenters. The smallest absolute Gasteiger partial charge is 0.229 e. The quantitative estimate of drug-likeness (QED) is 0.847. The number of nitrogens with zero attached hydrogens (tertiary/aromatic N) is 4. The SMILES string of the molecule is CCc1cnc(CNc2nc(N)nc(Cl)n2)o1. The Kier molecular flexibility index (Phi) is 3.38. The van der Waals surface area contributed by atoms with E-state index in [1.807, 2.05) is 6.92 Å². The van der Waals surface area contributed by atoms with E-state index in [4.69, 9.17) is 21.8 Å². The second-order valence-electron chi connectivity index (χ2n) is 3.21. The van der Waals surface area contributed by atoms with Gasteiger partial charge in [0.1, 0.15) is 5.76 Å². The Morgan fingerprint density at radius 3 is 2.88 bits per heavy atom. The lowest BCUT2D eigenvalue weighted by Gasteiger charge is -2.02. The van der Waals surface area contributed by atoms with Gasteiger partial charge in [-0.3, -0.25) is 0 Å². The number of hydrogen-bond acceptors (Lipinski definition) is 7. The van der Waals surface area contributed by atoms with E-state index in [0.717, 1.165) is 12.2 Å². The molecule has 0 aromatic carbocycles. The summed E-state index contributed by atoms with van der Waals surface area (Å²) in [5, 5.41) is 2.94. The number of aryl methyl sites for hydroxylation is 1. The van der Waals surface area contributed by atoms with Crippen molar-refractivity contribution in [1.29, 1.82) is 0 Å². The minimum absolute atomic E-state index is 0.0432. The molecule has 3 N–H and O–H groups in total. The fourth-order valence-corrected chi connectivity index (χ4v) is 1.36. The van der Waals surface area contributed by atoms with E-state index in [1.165, 1.54) is 0 Å². The molecule has 0 radical (unpaired) electrons. The molecular formula is C9H11ClN6O. The molecule has 0 bridgehead atoms. The van der Waals surface area contributed by atoms with Crippen LogP contribution in [0.4, 0.5) is 11.9 Å². The lowest BCUT2D eigenvalue weighted by Crippen LogP contribution is -2.07. The normalized spacial score (nSPS) is 10.5. The van der Waals surface area contributed by atoms with E-state index in [0.29, 0.717) is 18.4 Å². The molecule has 8 heteroatoms. The Morgan fingerprint density at radius 2 is 2.24 bits per heavy atom. The van der Waals surface area contributed by atoms with Gasteiger partial charge in [-0.2, -0.15) is 15.0 Å². The minimum Gasteiger partial charge on any atom is -0.444 e. The van der Waals surface area contributed by atoms with Gasteiger partial charge in [0, 0.05) is 6.42 Å². The number of nitrogens with two attached hydrogens (primary N) is 1. The summed E-state index contributed by atoms with van der Waals surface area (Å²) < 4.78 is 5.41. The summed E-state index contributed by atoms with van der Waals surface area (Å²) in [4.78, 5) is 15.5. The Hall–Kier alpha value is -1.89. The molecule has 7 nitrogen and oxygen atoms in total. The van der Waals surface area contributed by atoms with E-state index in [9.17, 15) is 0 Å². The van der Waals surface area contributed by atoms with Crippen LogP contribution in [0.2, 0.25) is 5.28 Å². The van der Waals surface area contributed by atoms with E-state index in [1.54, 1.807) is 6.20 Å². The molecule has 0 aliphatic rings. The van der Waals surface area contributed by atoms with E-state index in [2.05, 4.69) is 25.3 Å². The van der Waals surface area contributed by atoms with E-state index >= 15 is 0 Å². The minimum atomic E-state index is 0.0432. The number of oxazole rings is 1. The number of nitrogens with one attached hydrogen (secondary N) is 1. The van der Waals surface area contributed by atoms with Gasteiger partial charge in [0.15, 0.2) is 0 Å². The number of hydrogen-bond donors (Lipinski definition) is 2. The molecule has 0 saturated heterocycles. The van der Waals surface area contributed by atoms with Crippen LogP contribution in [0.1, 0.15) is 18.6 Å². The zero-order valence-electron chi connectivity index (χ0n) is 9.14. The fraction of sp³-hybridized carbons (Fsp3) is 0.333. The van der Waals surface area contributed by atoms with Gasteiger partial charge in [0.2, 0.25) is 23.1 Å². The Balaban J connectivity index is 2.01. The Morgan fingerprint density at radius 1 is 1.41 bits per heavy atom. The standard InChI is InChI=1S/C9H11ClN6O/c1-2-5-3-12-6(17-5)4-13-9-15-7(10)14-8(11)16-9/h3H,2,4H2,1H3,(H3,11,13,14,15,16). The van der Waals surface area contributed by atoms with Gasteiger partial charge in [-0.25, -0.2) is 4.98 Å². The average Bonchev–Trinajstić information content (AvgIpc) is 2.73. The first-order chi connectivity index (χ1) is 8.17. The zero-order chi connectivity index (χ0) is 12.3. The van der Waals surface area contributed by atoms with Crippen LogP contribution in [0, 0.1) is 0 Å². The maximum absolute atomic E-state index is 5.64. The van der Waals surface area contributed by atoms with Gasteiger partial charge in [0.25, 0.3) is 0 Å². The monoisotopic (exact) mass is 254 g/mol. The molecule has 2 rings (SSSR count). The van der Waals surface area contributed by atoms with Crippen LogP contribution in [0.15, 0.2) is 10.6 Å². The highest BCUT2D eigenvalue weighted by Crippen LogP contribution is 2.09. The Labute approximate surface area is 102 Å². The van der Waals surface area contributed by atoms with Crippen molar-refractivity contribution < 1.29 is 4.42 Å². The summed E-state index contributed by atoms with van der Waals surface area (Å²) in [5.41, 5.74) is 5.43. The van der Waals surface area contributed by atoms with Crippen molar-refractivity contribution in [3.8, 4) is 0 Å². The van der Waals surface area contributed by atoms with Crippen molar-refractivity contribution in [2.24, 2.45) is 0 Å². The maximum Gasteiger partial charge on any atom is 0.229 e. The number of anilines is 2. The van der Waals surface area contributed by atoms with Gasteiger partial charge < -0.3 is 15.5 Å². The molecule has 2 aromatic heterocycles. The predicted molar refractivity (Wildman–Crippen MR) is 62.5 cm³/mol. The third kappa shape index (κ3) is 3.04. The fourth-order valence-electron chi connectivity index (χ4n) is 1.19. The van der Waals surface area contributed by atoms with Crippen LogP contribution in [0.3, 0.4) is 0 Å². The molecule has 0 aliphatic carbocycles. The number of halogens is 1. The number of aromatic nitrogens is 4. The molecule has 90 valence electrons. The highest BCUT2D eigenvalue weighted by molar-refractivity contribution is 6.28. The summed E-state index contributed by atoms with van der Waals surface area (Å²) in [6.45, 7) is 2.35. The van der Waals surface area contributed by atoms with Gasteiger partial charge in [-0.1, -0.05) is 6.92 Å². The maximum atomic E-state index is 5.64. The highest BCUT2D eigenvalue weighted by Gasteiger charge is 2.05. The van der Waals surface area contributed by atoms with Crippen LogP contribution in [-0.4, -0.2) is 19.9 Å². The summed E-state index contributed by atoms with van der Waals surface area (Å²) in [6.07, 6.45) is 2.49. The number of nitrogen functional groups attached to an aromatic ring is 1. The van der Waals surface area contributed by atoms with Crippen LogP contribution < -0.4 is 11.1 Å². The first-order valence-electron chi connectivity index (χ1n) is 5.02. The second kappa shape index (κ2) is 4.96. The molecule has 0 amide bonds. The van der Waals surface area contributed by atoms with Crippen LogP contribution >= 0.6 is 11.6 Å². The molecule has 17 heavy (non-hydrogen) atoms. The van der Waals surface area contributed by atoms with Gasteiger partial charge in [0.05, 0.1) is 12.7 Å². The van der Waals surface area contributed by atoms with Crippen molar-refractivity contribution in [2.45, 2.75) is 19.9 Å². The van der Waals surface area contributed by atoms with E-state index in [-0.39, 0.29) is 11.2 Å².